The molecule has 0 aromatic heterocycles. The Bertz CT molecular complexity index is 820. The van der Waals surface area contributed by atoms with Crippen LogP contribution in [0.15, 0.2) is 0 Å². The van der Waals surface area contributed by atoms with Gasteiger partial charge in [-0.3, -0.25) is 28.8 Å². The lowest BCUT2D eigenvalue weighted by atomic mass is 10.1. The highest BCUT2D eigenvalue weighted by Gasteiger charge is 2.33. The Balaban J connectivity index is 5.51. The molecule has 0 saturated heterocycles. The van der Waals surface area contributed by atoms with E-state index in [-0.39, 0.29) is 0 Å². The molecule has 18 nitrogen and oxygen atoms in total. The zero-order valence-corrected chi connectivity index (χ0v) is 18.0. The second-order valence-electron chi connectivity index (χ2n) is 6.93. The summed E-state index contributed by atoms with van der Waals surface area (Å²) in [5.41, 5.74) is 5.27. The van der Waals surface area contributed by atoms with Gasteiger partial charge in [0.25, 0.3) is 0 Å². The molecule has 0 aliphatic carbocycles. The largest absolute Gasteiger partial charge is 0.481 e. The number of amides is 4. The maximum Gasteiger partial charge on any atom is 0.328 e. The number of rotatable bonds is 16. The van der Waals surface area contributed by atoms with E-state index < -0.39 is 104 Å². The molecule has 0 aliphatic rings. The minimum Gasteiger partial charge on any atom is -0.481 e. The van der Waals surface area contributed by atoms with E-state index in [4.69, 9.17) is 31.3 Å². The molecule has 0 spiro atoms. The summed E-state index contributed by atoms with van der Waals surface area (Å²) in [6.45, 7) is -3.01. The Labute approximate surface area is 196 Å². The molecule has 0 radical (unpaired) electrons. The Kier molecular flexibility index (Phi) is 13.4. The summed E-state index contributed by atoms with van der Waals surface area (Å²) in [5.74, 6) is -9.85. The number of carboxylic acid groups (broad SMARTS) is 3. The average Bonchev–Trinajstić information content (AvgIpc) is 2.77. The molecule has 0 unspecified atom stereocenters. The van der Waals surface area contributed by atoms with Gasteiger partial charge in [-0.15, -0.1) is 0 Å². The van der Waals surface area contributed by atoms with Crippen LogP contribution in [0.5, 0.6) is 0 Å². The summed E-state index contributed by atoms with van der Waals surface area (Å²) < 4.78 is 0. The Morgan fingerprint density at radius 3 is 1.23 bits per heavy atom. The molecule has 0 saturated carbocycles. The fourth-order valence-electron chi connectivity index (χ4n) is 2.33. The summed E-state index contributed by atoms with van der Waals surface area (Å²) in [5, 5.41) is 61.6. The molecule has 35 heavy (non-hydrogen) atoms. The van der Waals surface area contributed by atoms with Crippen LogP contribution in [-0.2, 0) is 33.6 Å². The Hall–Kier alpha value is -3.87. The number of hydrogen-bond donors (Lipinski definition) is 11. The molecule has 0 aliphatic heterocycles. The van der Waals surface area contributed by atoms with E-state index in [1.165, 1.54) is 0 Å². The van der Waals surface area contributed by atoms with Gasteiger partial charge in [-0.25, -0.2) is 4.79 Å². The molecule has 5 atom stereocenters. The molecular weight excluding hydrogens is 482 g/mol. The van der Waals surface area contributed by atoms with Gasteiger partial charge in [-0.2, -0.15) is 0 Å². The van der Waals surface area contributed by atoms with Crippen LogP contribution in [0.25, 0.3) is 0 Å². The van der Waals surface area contributed by atoms with E-state index >= 15 is 0 Å². The van der Waals surface area contributed by atoms with Crippen LogP contribution in [0.3, 0.4) is 0 Å². The van der Waals surface area contributed by atoms with Gasteiger partial charge in [-0.05, 0) is 0 Å². The lowest BCUT2D eigenvalue weighted by Crippen LogP contribution is -2.60. The summed E-state index contributed by atoms with van der Waals surface area (Å²) in [7, 11) is 0. The lowest BCUT2D eigenvalue weighted by Gasteiger charge is -2.24. The van der Waals surface area contributed by atoms with Gasteiger partial charge >= 0.3 is 17.9 Å². The molecule has 12 N–H and O–H groups in total. The van der Waals surface area contributed by atoms with E-state index in [2.05, 4.69) is 0 Å². The van der Waals surface area contributed by atoms with Crippen molar-refractivity contribution in [3.8, 4) is 0 Å². The van der Waals surface area contributed by atoms with Gasteiger partial charge in [0, 0.05) is 0 Å². The Morgan fingerprint density at radius 1 is 0.543 bits per heavy atom. The molecule has 0 aromatic carbocycles. The van der Waals surface area contributed by atoms with Crippen molar-refractivity contribution in [3.05, 3.63) is 0 Å². The van der Waals surface area contributed by atoms with Gasteiger partial charge in [-0.1, -0.05) is 0 Å². The van der Waals surface area contributed by atoms with E-state index in [0.717, 1.165) is 0 Å². The third kappa shape index (κ3) is 11.2. The first kappa shape index (κ1) is 31.1. The topological polar surface area (TPSA) is 315 Å². The molecule has 0 fully saturated rings. The van der Waals surface area contributed by atoms with E-state index in [1.54, 1.807) is 5.32 Å². The van der Waals surface area contributed by atoms with Gasteiger partial charge in [0.1, 0.15) is 30.2 Å². The monoisotopic (exact) mass is 509 g/mol. The molecule has 0 rings (SSSR count). The molecule has 4 amide bonds. The van der Waals surface area contributed by atoms with Gasteiger partial charge in [0.05, 0.1) is 32.7 Å². The van der Waals surface area contributed by atoms with Crippen LogP contribution in [0.2, 0.25) is 0 Å². The third-order valence-corrected chi connectivity index (χ3v) is 4.17. The molecule has 0 bridgehead atoms. The van der Waals surface area contributed by atoms with Crippen LogP contribution < -0.4 is 27.0 Å². The number of aliphatic hydroxyl groups is 3. The first-order valence-electron chi connectivity index (χ1n) is 9.73. The molecule has 0 aromatic rings. The van der Waals surface area contributed by atoms with Crippen molar-refractivity contribution in [2.24, 2.45) is 5.73 Å². The molecule has 18 heteroatoms. The highest BCUT2D eigenvalue weighted by atomic mass is 16.4. The first-order chi connectivity index (χ1) is 16.3. The maximum atomic E-state index is 12.4. The molecule has 0 heterocycles. The van der Waals surface area contributed by atoms with Crippen molar-refractivity contribution in [1.29, 1.82) is 0 Å². The quantitative estimate of drug-likeness (QED) is 0.0921. The second-order valence-corrected chi connectivity index (χ2v) is 6.93. The number of aliphatic carboxylic acids is 3. The zero-order valence-electron chi connectivity index (χ0n) is 18.0. The summed E-state index contributed by atoms with van der Waals surface area (Å²) >= 11 is 0. The number of carbonyl (C=O) groups is 7. The number of aliphatic hydroxyl groups excluding tert-OH is 3. The van der Waals surface area contributed by atoms with E-state index in [9.17, 15) is 38.7 Å². The normalized spacial score (nSPS) is 14.9. The van der Waals surface area contributed by atoms with Crippen LogP contribution in [0.4, 0.5) is 0 Å². The van der Waals surface area contributed by atoms with Gasteiger partial charge in [0.15, 0.2) is 0 Å². The summed E-state index contributed by atoms with van der Waals surface area (Å²) in [6, 6.07) is -8.91. The van der Waals surface area contributed by atoms with Crippen LogP contribution >= 0.6 is 0 Å². The SMILES string of the molecule is N[C@@H](CO)C(=O)N[C@@H](CC(=O)O)C(=O)N[C@@H](CO)C(=O)N[C@@H](CC(=O)O)C(=O)N[C@@H](CO)C(=O)O. The van der Waals surface area contributed by atoms with Gasteiger partial charge < -0.3 is 57.6 Å². The second kappa shape index (κ2) is 15.1. The fraction of sp³-hybridized carbons (Fsp3) is 0.588. The average molecular weight is 509 g/mol. The van der Waals surface area contributed by atoms with Crippen molar-refractivity contribution in [2.45, 2.75) is 43.1 Å². The highest BCUT2D eigenvalue weighted by molar-refractivity contribution is 5.97. The number of nitrogens with one attached hydrogen (secondary N) is 4. The van der Waals surface area contributed by atoms with Gasteiger partial charge in [0.2, 0.25) is 23.6 Å². The standard InChI is InChI=1S/C17H27N5O13/c18-6(3-23)13(30)19-7(1-11(26)27)14(31)21-9(4-24)16(33)20-8(2-12(28)29)15(32)22-10(5-25)17(34)35/h6-10,23-25H,1-5,18H2,(H,19,30)(H,20,33)(H,21,31)(H,22,32)(H,26,27)(H,28,29)(H,34,35)/t6-,7-,8-,9-,10-/m0/s1. The number of carbonyl (C=O) groups excluding carboxylic acids is 4. The molecule has 198 valence electrons. The van der Waals surface area contributed by atoms with Crippen molar-refractivity contribution < 1.29 is 64.2 Å². The van der Waals surface area contributed by atoms with Crippen molar-refractivity contribution >= 4 is 41.5 Å². The smallest absolute Gasteiger partial charge is 0.328 e. The lowest BCUT2D eigenvalue weighted by molar-refractivity contribution is -0.144. The number of hydrogen-bond acceptors (Lipinski definition) is 11. The first-order valence-corrected chi connectivity index (χ1v) is 9.73. The predicted molar refractivity (Wildman–Crippen MR) is 109 cm³/mol. The van der Waals surface area contributed by atoms with E-state index in [0.29, 0.717) is 0 Å². The highest BCUT2D eigenvalue weighted by Crippen LogP contribution is 2.00. The zero-order chi connectivity index (χ0) is 27.3. The Morgan fingerprint density at radius 2 is 0.886 bits per heavy atom. The summed E-state index contributed by atoms with van der Waals surface area (Å²) in [6.07, 6.45) is -2.05. The maximum absolute atomic E-state index is 12.4. The fourth-order valence-corrected chi connectivity index (χ4v) is 2.33. The predicted octanol–water partition coefficient (Wildman–Crippen LogP) is -6.74. The summed E-state index contributed by atoms with van der Waals surface area (Å²) in [4.78, 5) is 81.8. The van der Waals surface area contributed by atoms with Crippen LogP contribution in [0, 0.1) is 0 Å². The van der Waals surface area contributed by atoms with Crippen LogP contribution in [-0.4, -0.2) is 122 Å². The minimum absolute atomic E-state index is 0.832. The van der Waals surface area contributed by atoms with Crippen molar-refractivity contribution in [3.63, 3.8) is 0 Å². The minimum atomic E-state index is -1.91. The molecular formula is C17H27N5O13. The van der Waals surface area contributed by atoms with E-state index in [1.807, 2.05) is 16.0 Å². The third-order valence-electron chi connectivity index (χ3n) is 4.17. The number of carboxylic acids is 3. The van der Waals surface area contributed by atoms with Crippen molar-refractivity contribution in [2.75, 3.05) is 19.8 Å². The number of nitrogens with two attached hydrogens (primary N) is 1. The van der Waals surface area contributed by atoms with Crippen molar-refractivity contribution in [1.82, 2.24) is 21.3 Å². The van der Waals surface area contributed by atoms with Crippen LogP contribution in [0.1, 0.15) is 12.8 Å².